The van der Waals surface area contributed by atoms with Crippen LogP contribution >= 0.6 is 23.2 Å². The number of anilines is 1. The number of nitrogens with one attached hydrogen (secondary N) is 2. The van der Waals surface area contributed by atoms with Crippen LogP contribution in [0.25, 0.3) is 0 Å². The highest BCUT2D eigenvalue weighted by Gasteiger charge is 2.14. The zero-order valence-corrected chi connectivity index (χ0v) is 18.7. The number of ether oxygens (including phenoxy) is 1. The Morgan fingerprint density at radius 1 is 1.03 bits per heavy atom. The number of rotatable bonds is 7. The molecule has 0 spiro atoms. The Morgan fingerprint density at radius 3 is 2.32 bits per heavy atom. The molecule has 31 heavy (non-hydrogen) atoms. The summed E-state index contributed by atoms with van der Waals surface area (Å²) >= 11 is 12.6. The van der Waals surface area contributed by atoms with Gasteiger partial charge >= 0.3 is 11.9 Å². The van der Waals surface area contributed by atoms with E-state index >= 15 is 0 Å². The van der Waals surface area contributed by atoms with Crippen molar-refractivity contribution in [1.82, 2.24) is 5.32 Å². The molecule has 7 nitrogen and oxygen atoms in total. The van der Waals surface area contributed by atoms with Crippen molar-refractivity contribution in [3.8, 4) is 5.75 Å². The number of carboxylic acid groups (broad SMARTS) is 2. The minimum atomic E-state index is -1.08. The average molecular weight is 469 g/mol. The van der Waals surface area contributed by atoms with E-state index in [4.69, 9.17) is 38.2 Å². The van der Waals surface area contributed by atoms with Crippen LogP contribution in [0.15, 0.2) is 30.3 Å². The Hall–Kier alpha value is -2.48. The smallest absolute Gasteiger partial charge is 0.303 e. The van der Waals surface area contributed by atoms with Crippen molar-refractivity contribution in [2.45, 2.75) is 32.2 Å². The van der Waals surface area contributed by atoms with Crippen molar-refractivity contribution < 1.29 is 24.5 Å². The molecular weight excluding hydrogens is 443 g/mol. The van der Waals surface area contributed by atoms with Crippen LogP contribution in [0.2, 0.25) is 10.0 Å². The molecule has 0 atom stereocenters. The third kappa shape index (κ3) is 7.94. The topological polar surface area (TPSA) is 108 Å². The molecule has 0 fully saturated rings. The summed E-state index contributed by atoms with van der Waals surface area (Å²) in [5, 5.41) is 24.1. The van der Waals surface area contributed by atoms with E-state index in [1.807, 2.05) is 24.3 Å². The van der Waals surface area contributed by atoms with Crippen LogP contribution in [0.5, 0.6) is 5.75 Å². The third-order valence-electron chi connectivity index (χ3n) is 4.72. The van der Waals surface area contributed by atoms with Crippen LogP contribution < -0.4 is 15.4 Å². The molecule has 3 rings (SSSR count). The number of benzene rings is 2. The molecule has 0 radical (unpaired) electrons. The van der Waals surface area contributed by atoms with E-state index in [2.05, 4.69) is 16.7 Å². The lowest BCUT2D eigenvalue weighted by molar-refractivity contribution is -0.143. The predicted molar refractivity (Wildman–Crippen MR) is 122 cm³/mol. The van der Waals surface area contributed by atoms with Crippen molar-refractivity contribution in [1.29, 1.82) is 0 Å². The summed E-state index contributed by atoms with van der Waals surface area (Å²) in [7, 11) is 1.62. The molecule has 168 valence electrons. The first-order valence-corrected chi connectivity index (χ1v) is 10.6. The largest absolute Gasteiger partial charge is 0.495 e. The monoisotopic (exact) mass is 468 g/mol. The molecule has 0 aromatic heterocycles. The van der Waals surface area contributed by atoms with E-state index < -0.39 is 11.9 Å². The lowest BCUT2D eigenvalue weighted by atomic mass is 10.0. The first-order valence-electron chi connectivity index (χ1n) is 9.82. The minimum absolute atomic E-state index is 0.296. The van der Waals surface area contributed by atoms with Gasteiger partial charge in [-0.1, -0.05) is 35.3 Å². The lowest BCUT2D eigenvalue weighted by Crippen LogP contribution is -2.16. The SMILES string of the molecule is COc1ccc(CNc2c(Cl)ccc3c2CCNCC3)cc1Cl.O=C(O)CCC(=O)O. The molecule has 1 aliphatic rings. The standard InChI is InChI=1S/C18H20Cl2N2O.C4H6O4/c1-23-17-5-2-12(10-16(17)20)11-22-18-14-7-9-21-8-6-13(14)3-4-15(18)19;5-3(6)1-2-4(7)8/h2-5,10,21-22H,6-9,11H2,1H3;1-2H2,(H,5,6)(H,7,8). The number of methoxy groups -OCH3 is 1. The Labute approximate surface area is 191 Å². The van der Waals surface area contributed by atoms with E-state index in [-0.39, 0.29) is 12.8 Å². The van der Waals surface area contributed by atoms with E-state index in [1.54, 1.807) is 7.11 Å². The van der Waals surface area contributed by atoms with Crippen LogP contribution in [0.3, 0.4) is 0 Å². The van der Waals surface area contributed by atoms with Gasteiger partial charge in [-0.05, 0) is 60.8 Å². The number of halogens is 2. The maximum Gasteiger partial charge on any atom is 0.303 e. The van der Waals surface area contributed by atoms with Gasteiger partial charge in [0.1, 0.15) is 5.75 Å². The zero-order valence-electron chi connectivity index (χ0n) is 17.2. The summed E-state index contributed by atoms with van der Waals surface area (Å²) in [5.74, 6) is -1.46. The van der Waals surface area contributed by atoms with Gasteiger partial charge in [0.05, 0.1) is 35.7 Å². The summed E-state index contributed by atoms with van der Waals surface area (Å²) in [4.78, 5) is 19.3. The lowest BCUT2D eigenvalue weighted by Gasteiger charge is -2.16. The van der Waals surface area contributed by atoms with Crippen molar-refractivity contribution in [3.63, 3.8) is 0 Å². The number of carboxylic acids is 2. The summed E-state index contributed by atoms with van der Waals surface area (Å²) in [6, 6.07) is 9.94. The maximum atomic E-state index is 9.64. The highest BCUT2D eigenvalue weighted by molar-refractivity contribution is 6.33. The van der Waals surface area contributed by atoms with Gasteiger partial charge in [-0.3, -0.25) is 9.59 Å². The Bertz CT molecular complexity index is 907. The number of carbonyl (C=O) groups is 2. The van der Waals surface area contributed by atoms with E-state index in [0.717, 1.165) is 42.2 Å². The van der Waals surface area contributed by atoms with Crippen LogP contribution in [0, 0.1) is 0 Å². The van der Waals surface area contributed by atoms with E-state index in [0.29, 0.717) is 17.3 Å². The Morgan fingerprint density at radius 2 is 1.71 bits per heavy atom. The molecule has 2 aromatic rings. The first kappa shape index (κ1) is 24.8. The minimum Gasteiger partial charge on any atom is -0.495 e. The molecule has 1 aliphatic heterocycles. The third-order valence-corrected chi connectivity index (χ3v) is 5.33. The van der Waals surface area contributed by atoms with Crippen molar-refractivity contribution >= 4 is 40.8 Å². The molecule has 1 heterocycles. The molecule has 0 aliphatic carbocycles. The van der Waals surface area contributed by atoms with E-state index in [1.165, 1.54) is 11.1 Å². The van der Waals surface area contributed by atoms with Crippen molar-refractivity contribution in [3.05, 3.63) is 57.1 Å². The predicted octanol–water partition coefficient (Wildman–Crippen LogP) is 4.24. The van der Waals surface area contributed by atoms with Crippen LogP contribution in [-0.2, 0) is 29.0 Å². The first-order chi connectivity index (χ1) is 14.8. The normalized spacial score (nSPS) is 12.6. The second kappa shape index (κ2) is 12.4. The number of fused-ring (bicyclic) bond motifs is 1. The number of aliphatic carboxylic acids is 2. The summed E-state index contributed by atoms with van der Waals surface area (Å²) in [6.45, 7) is 2.67. The van der Waals surface area contributed by atoms with Crippen LogP contribution in [-0.4, -0.2) is 42.4 Å². The summed E-state index contributed by atoms with van der Waals surface area (Å²) in [6.07, 6.45) is 1.43. The van der Waals surface area contributed by atoms with Gasteiger partial charge < -0.3 is 25.6 Å². The second-order valence-electron chi connectivity index (χ2n) is 6.92. The second-order valence-corrected chi connectivity index (χ2v) is 7.73. The van der Waals surface area contributed by atoms with Crippen molar-refractivity contribution in [2.75, 3.05) is 25.5 Å². The molecule has 0 saturated carbocycles. The van der Waals surface area contributed by atoms with Crippen molar-refractivity contribution in [2.24, 2.45) is 0 Å². The maximum absolute atomic E-state index is 9.64. The number of hydrogen-bond acceptors (Lipinski definition) is 5. The fourth-order valence-electron chi connectivity index (χ4n) is 3.16. The Balaban J connectivity index is 0.000000366. The highest BCUT2D eigenvalue weighted by Crippen LogP contribution is 2.32. The molecule has 4 N–H and O–H groups in total. The Kier molecular flexibility index (Phi) is 9.91. The molecule has 9 heteroatoms. The van der Waals surface area contributed by atoms with Gasteiger partial charge in [0.2, 0.25) is 0 Å². The molecule has 0 amide bonds. The van der Waals surface area contributed by atoms with E-state index in [9.17, 15) is 9.59 Å². The quantitative estimate of drug-likeness (QED) is 0.481. The zero-order chi connectivity index (χ0) is 22.8. The van der Waals surface area contributed by atoms with Gasteiger partial charge in [-0.25, -0.2) is 0 Å². The molecular formula is C22H26Cl2N2O5. The summed E-state index contributed by atoms with van der Waals surface area (Å²) < 4.78 is 5.19. The summed E-state index contributed by atoms with van der Waals surface area (Å²) in [5.41, 5.74) is 4.83. The van der Waals surface area contributed by atoms with Gasteiger partial charge in [0.25, 0.3) is 0 Å². The molecule has 0 saturated heterocycles. The molecule has 0 unspecified atom stereocenters. The average Bonchev–Trinajstić information content (AvgIpc) is 2.98. The van der Waals surface area contributed by atoms with Gasteiger partial charge in [0.15, 0.2) is 0 Å². The fraction of sp³-hybridized carbons (Fsp3) is 0.364. The molecule has 0 bridgehead atoms. The highest BCUT2D eigenvalue weighted by atomic mass is 35.5. The fourth-order valence-corrected chi connectivity index (χ4v) is 3.68. The molecule has 2 aromatic carbocycles. The van der Waals surface area contributed by atoms with Gasteiger partial charge in [0, 0.05) is 6.54 Å². The number of hydrogen-bond donors (Lipinski definition) is 4. The van der Waals surface area contributed by atoms with Gasteiger partial charge in [-0.15, -0.1) is 0 Å². The van der Waals surface area contributed by atoms with Crippen LogP contribution in [0.1, 0.15) is 29.5 Å². The van der Waals surface area contributed by atoms with Gasteiger partial charge in [-0.2, -0.15) is 0 Å². The van der Waals surface area contributed by atoms with Crippen LogP contribution in [0.4, 0.5) is 5.69 Å².